The van der Waals surface area contributed by atoms with Gasteiger partial charge in [0.1, 0.15) is 5.82 Å². The molecule has 18 heavy (non-hydrogen) atoms. The molecule has 6 heteroatoms. The molecule has 1 saturated heterocycles. The van der Waals surface area contributed by atoms with Gasteiger partial charge in [-0.2, -0.15) is 0 Å². The van der Waals surface area contributed by atoms with Gasteiger partial charge in [-0.3, -0.25) is 4.79 Å². The average Bonchev–Trinajstić information content (AvgIpc) is 2.34. The molecule has 1 aliphatic rings. The zero-order valence-corrected chi connectivity index (χ0v) is 10.8. The fourth-order valence-corrected chi connectivity index (χ4v) is 1.96. The number of aryl methyl sites for hydroxylation is 1. The molecule has 0 saturated carbocycles. The van der Waals surface area contributed by atoms with E-state index in [2.05, 4.69) is 10.6 Å². The van der Waals surface area contributed by atoms with Crippen molar-refractivity contribution in [3.05, 3.63) is 29.6 Å². The summed E-state index contributed by atoms with van der Waals surface area (Å²) in [6.07, 6.45) is 0. The minimum Gasteiger partial charge on any atom is -0.353 e. The summed E-state index contributed by atoms with van der Waals surface area (Å²) >= 11 is 5.20. The molecule has 2 N–H and O–H groups in total. The lowest BCUT2D eigenvalue weighted by atomic mass is 10.2. The van der Waals surface area contributed by atoms with Crippen LogP contribution in [0.1, 0.15) is 5.56 Å². The van der Waals surface area contributed by atoms with Crippen molar-refractivity contribution in [3.63, 3.8) is 0 Å². The molecule has 96 valence electrons. The van der Waals surface area contributed by atoms with Crippen LogP contribution in [0, 0.1) is 12.7 Å². The molecule has 0 unspecified atom stereocenters. The quantitative estimate of drug-likeness (QED) is 0.752. The van der Waals surface area contributed by atoms with Crippen molar-refractivity contribution in [3.8, 4) is 0 Å². The fourth-order valence-electron chi connectivity index (χ4n) is 1.69. The Morgan fingerprint density at radius 3 is 3.00 bits per heavy atom. The lowest BCUT2D eigenvalue weighted by molar-refractivity contribution is -0.122. The molecule has 1 heterocycles. The first-order valence-electron chi connectivity index (χ1n) is 5.65. The largest absolute Gasteiger partial charge is 0.353 e. The van der Waals surface area contributed by atoms with Crippen LogP contribution in [0.5, 0.6) is 0 Å². The van der Waals surface area contributed by atoms with Crippen LogP contribution < -0.4 is 10.6 Å². The van der Waals surface area contributed by atoms with E-state index in [0.29, 0.717) is 29.5 Å². The highest BCUT2D eigenvalue weighted by atomic mass is 32.1. The molecule has 1 aromatic carbocycles. The Morgan fingerprint density at radius 1 is 1.56 bits per heavy atom. The molecule has 1 aliphatic heterocycles. The minimum atomic E-state index is -0.279. The Hall–Kier alpha value is -1.69. The molecular weight excluding hydrogens is 253 g/mol. The third-order valence-corrected chi connectivity index (χ3v) is 3.11. The second-order valence-electron chi connectivity index (χ2n) is 4.17. The van der Waals surface area contributed by atoms with E-state index in [1.165, 1.54) is 6.07 Å². The molecule has 0 bridgehead atoms. The molecule has 0 aliphatic carbocycles. The van der Waals surface area contributed by atoms with Crippen LogP contribution in [0.15, 0.2) is 18.2 Å². The van der Waals surface area contributed by atoms with E-state index < -0.39 is 0 Å². The number of halogens is 1. The maximum atomic E-state index is 13.4. The first kappa shape index (κ1) is 12.8. The number of piperazine rings is 1. The number of hydrogen-bond acceptors (Lipinski definition) is 2. The van der Waals surface area contributed by atoms with Gasteiger partial charge in [-0.25, -0.2) is 4.39 Å². The number of nitrogens with one attached hydrogen (secondary N) is 2. The van der Waals surface area contributed by atoms with Gasteiger partial charge in [-0.05, 0) is 36.8 Å². The van der Waals surface area contributed by atoms with Crippen LogP contribution in [0.2, 0.25) is 0 Å². The van der Waals surface area contributed by atoms with Crippen molar-refractivity contribution in [1.82, 2.24) is 10.2 Å². The number of nitrogens with zero attached hydrogens (tertiary/aromatic N) is 1. The molecule has 0 spiro atoms. The predicted octanol–water partition coefficient (Wildman–Crippen LogP) is 1.26. The van der Waals surface area contributed by atoms with Crippen LogP contribution in [0.25, 0.3) is 0 Å². The first-order chi connectivity index (χ1) is 8.56. The summed E-state index contributed by atoms with van der Waals surface area (Å²) in [6, 6.07) is 4.84. The van der Waals surface area contributed by atoms with Gasteiger partial charge in [-0.1, -0.05) is 6.07 Å². The van der Waals surface area contributed by atoms with Gasteiger partial charge in [0.25, 0.3) is 0 Å². The summed E-state index contributed by atoms with van der Waals surface area (Å²) in [5, 5.41) is 6.09. The summed E-state index contributed by atoms with van der Waals surface area (Å²) in [4.78, 5) is 13.0. The smallest absolute Gasteiger partial charge is 0.239 e. The number of anilines is 1. The molecule has 0 aromatic heterocycles. The highest BCUT2D eigenvalue weighted by Gasteiger charge is 2.18. The van der Waals surface area contributed by atoms with Crippen molar-refractivity contribution in [2.24, 2.45) is 0 Å². The van der Waals surface area contributed by atoms with Crippen LogP contribution in [-0.4, -0.2) is 35.6 Å². The molecule has 0 atom stereocenters. The molecule has 1 amide bonds. The lowest BCUT2D eigenvalue weighted by Crippen LogP contribution is -2.51. The van der Waals surface area contributed by atoms with Crippen LogP contribution >= 0.6 is 12.2 Å². The number of carbonyl (C=O) groups excluding carboxylic acids is 1. The van der Waals surface area contributed by atoms with Gasteiger partial charge in [0.05, 0.1) is 6.54 Å². The molecule has 1 fully saturated rings. The second kappa shape index (κ2) is 5.30. The fraction of sp³-hybridized carbons (Fsp3) is 0.333. The van der Waals surface area contributed by atoms with E-state index in [-0.39, 0.29) is 18.3 Å². The summed E-state index contributed by atoms with van der Waals surface area (Å²) in [7, 11) is 0. The normalized spacial score (nSPS) is 15.2. The van der Waals surface area contributed by atoms with Crippen LogP contribution in [0.4, 0.5) is 10.1 Å². The molecule has 4 nitrogen and oxygen atoms in total. The first-order valence-corrected chi connectivity index (χ1v) is 6.06. The summed E-state index contributed by atoms with van der Waals surface area (Å²) < 4.78 is 13.4. The summed E-state index contributed by atoms with van der Waals surface area (Å²) in [5.74, 6) is -0.334. The Labute approximate surface area is 110 Å². The number of amides is 1. The van der Waals surface area contributed by atoms with E-state index in [9.17, 15) is 9.18 Å². The highest BCUT2D eigenvalue weighted by molar-refractivity contribution is 7.80. The summed E-state index contributed by atoms with van der Waals surface area (Å²) in [6.45, 7) is 3.17. The van der Waals surface area contributed by atoms with Gasteiger partial charge in [0.2, 0.25) is 5.91 Å². The third-order valence-electron chi connectivity index (χ3n) is 2.75. The van der Waals surface area contributed by atoms with Gasteiger partial charge < -0.3 is 15.5 Å². The topological polar surface area (TPSA) is 44.4 Å². The van der Waals surface area contributed by atoms with E-state index >= 15 is 0 Å². The van der Waals surface area contributed by atoms with E-state index in [0.717, 1.165) is 0 Å². The van der Waals surface area contributed by atoms with Gasteiger partial charge in [0.15, 0.2) is 5.11 Å². The van der Waals surface area contributed by atoms with E-state index in [1.807, 2.05) is 0 Å². The Kier molecular flexibility index (Phi) is 3.76. The average molecular weight is 267 g/mol. The van der Waals surface area contributed by atoms with Crippen LogP contribution in [-0.2, 0) is 4.79 Å². The Bertz CT molecular complexity index is 492. The number of thiocarbonyl (C=S) groups is 1. The van der Waals surface area contributed by atoms with Gasteiger partial charge in [-0.15, -0.1) is 0 Å². The predicted molar refractivity (Wildman–Crippen MR) is 71.9 cm³/mol. The van der Waals surface area contributed by atoms with E-state index in [4.69, 9.17) is 12.2 Å². The zero-order chi connectivity index (χ0) is 13.1. The maximum absolute atomic E-state index is 13.4. The number of rotatable bonds is 1. The number of hydrogen-bond donors (Lipinski definition) is 2. The molecular formula is C12H14FN3OS. The highest BCUT2D eigenvalue weighted by Crippen LogP contribution is 2.14. The van der Waals surface area contributed by atoms with Crippen molar-refractivity contribution in [2.75, 3.05) is 25.0 Å². The third kappa shape index (κ3) is 2.95. The lowest BCUT2D eigenvalue weighted by Gasteiger charge is -2.29. The monoisotopic (exact) mass is 267 g/mol. The molecule has 1 aromatic rings. The maximum Gasteiger partial charge on any atom is 0.239 e. The standard InChI is InChI=1S/C12H14FN3OS/c1-8-2-3-9(6-10(8)13)15-12(18)16-5-4-14-11(17)7-16/h2-3,6H,4-5,7H2,1H3,(H,14,17)(H,15,18). The van der Waals surface area contributed by atoms with Crippen molar-refractivity contribution >= 4 is 28.9 Å². The summed E-state index contributed by atoms with van der Waals surface area (Å²) in [5.41, 5.74) is 1.18. The Morgan fingerprint density at radius 2 is 2.33 bits per heavy atom. The van der Waals surface area contributed by atoms with E-state index in [1.54, 1.807) is 24.0 Å². The second-order valence-corrected chi connectivity index (χ2v) is 4.55. The van der Waals surface area contributed by atoms with Gasteiger partial charge >= 0.3 is 0 Å². The molecule has 0 radical (unpaired) electrons. The SMILES string of the molecule is Cc1ccc(NC(=S)N2CCNC(=O)C2)cc1F. The van der Waals surface area contributed by atoms with Crippen LogP contribution in [0.3, 0.4) is 0 Å². The number of benzene rings is 1. The Balaban J connectivity index is 2.02. The minimum absolute atomic E-state index is 0.0551. The van der Waals surface area contributed by atoms with Crippen molar-refractivity contribution in [1.29, 1.82) is 0 Å². The van der Waals surface area contributed by atoms with Crippen molar-refractivity contribution < 1.29 is 9.18 Å². The number of carbonyl (C=O) groups is 1. The van der Waals surface area contributed by atoms with Crippen molar-refractivity contribution in [2.45, 2.75) is 6.92 Å². The molecule has 2 rings (SSSR count). The van der Waals surface area contributed by atoms with Gasteiger partial charge in [0, 0.05) is 18.8 Å². The zero-order valence-electron chi connectivity index (χ0n) is 10.00.